The minimum Gasteiger partial charge on any atom is -0.423 e. The minimum atomic E-state index is -3.82. The molecule has 14 nitrogen and oxygen atoms in total. The van der Waals surface area contributed by atoms with E-state index < -0.39 is 84.5 Å². The molecule has 2 aromatic carbocycles. The highest BCUT2D eigenvalue weighted by Gasteiger charge is 2.28. The highest BCUT2D eigenvalue weighted by atomic mass is 79.9. The Labute approximate surface area is 391 Å². The van der Waals surface area contributed by atoms with E-state index >= 15 is 4.39 Å². The summed E-state index contributed by atoms with van der Waals surface area (Å²) in [6.07, 6.45) is 6.44. The standard InChI is InChI=1S/C21H17F2N3O3S2.C17H14BrF2N3O3S.C4H5BO2S/c1-2-8-31(28,29)26-16-6-5-15(22)18(19(16)23)20(27)14-11-25-21-13(14)9-12(10-24-21)17-4-3-7-30-17;1-2-5-27(25,26)23-13-4-3-12(19)14(15(13)20)16(24)11-8-22-17-10(11)6-9(18)7-21-17;6-5(7)4-2-1-3-8-4/h3-7,9-11,26H,2,8H2,1H3,(H,24,25);3-4,6-8,23H,2,5H2,1H3,(H,21,22);1-3,6-7H. The monoisotopic (exact) mass is 1050 g/mol. The highest BCUT2D eigenvalue weighted by Crippen LogP contribution is 2.32. The number of sulfonamides is 2. The first kappa shape index (κ1) is 49.7. The molecule has 0 aliphatic carbocycles. The van der Waals surface area contributed by atoms with Crippen LogP contribution in [-0.4, -0.2) is 77.0 Å². The number of aromatic nitrogens is 4. The summed E-state index contributed by atoms with van der Waals surface area (Å²) >= 11 is 6.06. The smallest absolute Gasteiger partial charge is 0.423 e. The van der Waals surface area contributed by atoms with E-state index in [-0.39, 0.29) is 22.6 Å². The SMILES string of the molecule is CCCS(=O)(=O)Nc1ccc(F)c(C(=O)c2c[nH]c3ncc(-c4cccs4)cc23)c1F.CCCS(=O)(=O)Nc1ccc(F)c(C(=O)c2c[nH]c3ncc(Br)cc23)c1F.OB(O)c1cccs1. The van der Waals surface area contributed by atoms with E-state index in [1.165, 1.54) is 41.3 Å². The van der Waals surface area contributed by atoms with Crippen LogP contribution in [0.4, 0.5) is 28.9 Å². The van der Waals surface area contributed by atoms with E-state index in [0.29, 0.717) is 44.2 Å². The van der Waals surface area contributed by atoms with Crippen LogP contribution in [0.2, 0.25) is 0 Å². The predicted molar refractivity (Wildman–Crippen MR) is 252 cm³/mol. The van der Waals surface area contributed by atoms with Crippen molar-refractivity contribution in [2.75, 3.05) is 20.9 Å². The van der Waals surface area contributed by atoms with Gasteiger partial charge in [-0.3, -0.25) is 19.0 Å². The molecule has 0 saturated heterocycles. The Balaban J connectivity index is 0.000000188. The summed E-state index contributed by atoms with van der Waals surface area (Å²) < 4.78 is 112. The summed E-state index contributed by atoms with van der Waals surface area (Å²) in [5.74, 6) is -7.00. The maximum absolute atomic E-state index is 15.0. The summed E-state index contributed by atoms with van der Waals surface area (Å²) in [4.78, 5) is 40.8. The van der Waals surface area contributed by atoms with Crippen molar-refractivity contribution in [3.63, 3.8) is 0 Å². The molecule has 8 rings (SSSR count). The number of pyridine rings is 2. The maximum Gasteiger partial charge on any atom is 0.499 e. The van der Waals surface area contributed by atoms with Crippen LogP contribution in [-0.2, 0) is 20.0 Å². The van der Waals surface area contributed by atoms with Gasteiger partial charge in [-0.1, -0.05) is 32.0 Å². The third-order valence-electron chi connectivity index (χ3n) is 9.23. The molecule has 344 valence electrons. The van der Waals surface area contributed by atoms with Gasteiger partial charge in [-0.15, -0.1) is 11.3 Å². The average molecular weight is 1050 g/mol. The lowest BCUT2D eigenvalue weighted by atomic mass is 9.90. The number of carbonyl (C=O) groups excluding carboxylic acids is 2. The minimum absolute atomic E-state index is 0.0187. The van der Waals surface area contributed by atoms with Crippen LogP contribution in [0.15, 0.2) is 101 Å². The number of aromatic amines is 2. The van der Waals surface area contributed by atoms with Gasteiger partial charge in [-0.25, -0.2) is 44.4 Å². The Kier molecular flexibility index (Phi) is 16.0. The van der Waals surface area contributed by atoms with Crippen molar-refractivity contribution >= 4 is 116 Å². The molecule has 66 heavy (non-hydrogen) atoms. The lowest BCUT2D eigenvalue weighted by Crippen LogP contribution is -2.26. The Bertz CT molecular complexity index is 3260. The molecule has 8 aromatic rings. The van der Waals surface area contributed by atoms with Gasteiger partial charge < -0.3 is 20.0 Å². The third-order valence-corrected chi connectivity index (χ3v) is 14.5. The molecule has 0 saturated carbocycles. The number of ketones is 2. The van der Waals surface area contributed by atoms with Gasteiger partial charge in [0, 0.05) is 66.4 Å². The van der Waals surface area contributed by atoms with Gasteiger partial charge in [0.25, 0.3) is 0 Å². The second-order valence-corrected chi connectivity index (χ2v) is 20.5. The first-order valence-electron chi connectivity index (χ1n) is 19.4. The van der Waals surface area contributed by atoms with Gasteiger partial charge in [-0.2, -0.15) is 11.3 Å². The Morgan fingerprint density at radius 3 is 1.64 bits per heavy atom. The van der Waals surface area contributed by atoms with E-state index in [1.54, 1.807) is 49.7 Å². The van der Waals surface area contributed by atoms with Crippen LogP contribution >= 0.6 is 38.6 Å². The topological polar surface area (TPSA) is 224 Å². The van der Waals surface area contributed by atoms with Crippen LogP contribution in [0.3, 0.4) is 0 Å². The second kappa shape index (κ2) is 21.3. The number of thiophene rings is 2. The van der Waals surface area contributed by atoms with Crippen molar-refractivity contribution in [3.05, 3.63) is 146 Å². The molecule has 0 atom stereocenters. The fraction of sp³-hybridized carbons (Fsp3) is 0.143. The largest absolute Gasteiger partial charge is 0.499 e. The lowest BCUT2D eigenvalue weighted by Gasteiger charge is -2.11. The Morgan fingerprint density at radius 2 is 1.20 bits per heavy atom. The number of hydrogen-bond donors (Lipinski definition) is 6. The lowest BCUT2D eigenvalue weighted by molar-refractivity contribution is 0.102. The van der Waals surface area contributed by atoms with Gasteiger partial charge >= 0.3 is 7.12 Å². The van der Waals surface area contributed by atoms with E-state index in [4.69, 9.17) is 10.0 Å². The van der Waals surface area contributed by atoms with Crippen LogP contribution in [0.1, 0.15) is 58.5 Å². The molecule has 6 aromatic heterocycles. The molecule has 0 radical (unpaired) electrons. The molecule has 24 heteroatoms. The second-order valence-electron chi connectivity index (χ2n) is 14.0. The molecule has 0 bridgehead atoms. The van der Waals surface area contributed by atoms with Crippen molar-refractivity contribution in [3.8, 4) is 10.4 Å². The van der Waals surface area contributed by atoms with Crippen molar-refractivity contribution in [1.82, 2.24) is 19.9 Å². The number of rotatable bonds is 14. The molecule has 6 heterocycles. The van der Waals surface area contributed by atoms with E-state index in [2.05, 4.69) is 45.3 Å². The number of nitrogens with zero attached hydrogens (tertiary/aromatic N) is 2. The summed E-state index contributed by atoms with van der Waals surface area (Å²) in [7, 11) is -8.92. The highest BCUT2D eigenvalue weighted by molar-refractivity contribution is 9.10. The van der Waals surface area contributed by atoms with Crippen molar-refractivity contribution in [1.29, 1.82) is 0 Å². The van der Waals surface area contributed by atoms with E-state index in [1.807, 2.05) is 17.5 Å². The van der Waals surface area contributed by atoms with Crippen LogP contribution < -0.4 is 14.2 Å². The van der Waals surface area contributed by atoms with Gasteiger partial charge in [0.15, 0.2) is 11.6 Å². The number of nitrogens with one attached hydrogen (secondary N) is 4. The Morgan fingerprint density at radius 1 is 0.712 bits per heavy atom. The van der Waals surface area contributed by atoms with Crippen LogP contribution in [0, 0.1) is 23.3 Å². The van der Waals surface area contributed by atoms with E-state index in [9.17, 15) is 39.6 Å². The number of carbonyl (C=O) groups is 2. The zero-order valence-corrected chi connectivity index (χ0v) is 39.3. The van der Waals surface area contributed by atoms with Crippen molar-refractivity contribution < 1.29 is 54.0 Å². The first-order chi connectivity index (χ1) is 31.3. The quantitative estimate of drug-likeness (QED) is 0.0347. The molecule has 0 amide bonds. The molecular weight excluding hydrogens is 1010 g/mol. The van der Waals surface area contributed by atoms with Crippen LogP contribution in [0.25, 0.3) is 32.5 Å². The van der Waals surface area contributed by atoms with E-state index in [0.717, 1.165) is 34.7 Å². The zero-order chi connectivity index (χ0) is 47.9. The predicted octanol–water partition coefficient (Wildman–Crippen LogP) is 8.37. The molecule has 0 unspecified atom stereocenters. The fourth-order valence-electron chi connectivity index (χ4n) is 6.30. The number of fused-ring (bicyclic) bond motifs is 2. The average Bonchev–Trinajstić information content (AvgIpc) is 4.11. The molecule has 0 aliphatic heterocycles. The summed E-state index contributed by atoms with van der Waals surface area (Å²) in [5.41, 5.74) is -1.04. The molecule has 0 spiro atoms. The number of anilines is 2. The van der Waals surface area contributed by atoms with Gasteiger partial charge in [0.1, 0.15) is 22.9 Å². The maximum atomic E-state index is 15.0. The fourth-order valence-corrected chi connectivity index (χ4v) is 10.2. The summed E-state index contributed by atoms with van der Waals surface area (Å²) in [6, 6.07) is 14.2. The molecule has 6 N–H and O–H groups in total. The van der Waals surface area contributed by atoms with Crippen LogP contribution in [0.5, 0.6) is 0 Å². The first-order valence-corrected chi connectivity index (χ1v) is 25.3. The molecule has 0 aliphatic rings. The summed E-state index contributed by atoms with van der Waals surface area (Å²) in [6.45, 7) is 3.31. The number of H-pyrrole nitrogens is 2. The number of benzene rings is 2. The Hall–Kier alpha value is -5.76. The van der Waals surface area contributed by atoms with Gasteiger partial charge in [-0.05, 0) is 82.0 Å². The summed E-state index contributed by atoms with van der Waals surface area (Å²) in [5, 5.41) is 21.4. The number of halogens is 5. The van der Waals surface area contributed by atoms with Crippen molar-refractivity contribution in [2.24, 2.45) is 0 Å². The molecular formula is C42H36BBrF4N6O8S4. The molecule has 0 fully saturated rings. The normalized spacial score (nSPS) is 11.4. The van der Waals surface area contributed by atoms with Gasteiger partial charge in [0.05, 0.1) is 34.0 Å². The third kappa shape index (κ3) is 11.6. The van der Waals surface area contributed by atoms with Crippen molar-refractivity contribution in [2.45, 2.75) is 26.7 Å². The van der Waals surface area contributed by atoms with Gasteiger partial charge in [0.2, 0.25) is 31.6 Å². The number of hydrogen-bond acceptors (Lipinski definition) is 12. The zero-order valence-electron chi connectivity index (χ0n) is 34.4.